The molecule has 1 radical (unpaired) electrons. The van der Waals surface area contributed by atoms with Crippen LogP contribution < -0.4 is 4.74 Å². The molecule has 1 rings (SSSR count). The molecule has 0 spiro atoms. The maximum atomic E-state index is 5.90. The molecule has 0 N–H and O–H groups in total. The fraction of sp³-hybridized carbons (Fsp3) is 0.455. The average molecular weight is 213 g/mol. The maximum absolute atomic E-state index is 5.90. The third kappa shape index (κ3) is 3.99. The molecule has 0 atom stereocenters. The van der Waals surface area contributed by atoms with Crippen molar-refractivity contribution in [3.63, 3.8) is 0 Å². The molecule has 0 fully saturated rings. The Hall–Kier alpha value is -0.730. The summed E-state index contributed by atoms with van der Waals surface area (Å²) in [5, 5.41) is 0.623. The van der Waals surface area contributed by atoms with Crippen molar-refractivity contribution in [3.8, 4) is 5.75 Å². The van der Waals surface area contributed by atoms with E-state index in [4.69, 9.17) is 16.3 Å². The van der Waals surface area contributed by atoms with Crippen molar-refractivity contribution in [1.82, 2.24) is 4.90 Å². The minimum absolute atomic E-state index is 0.623. The van der Waals surface area contributed by atoms with Crippen molar-refractivity contribution in [2.24, 2.45) is 0 Å². The second kappa shape index (κ2) is 5.89. The Labute approximate surface area is 90.4 Å². The van der Waals surface area contributed by atoms with Crippen LogP contribution in [0.5, 0.6) is 5.75 Å². The van der Waals surface area contributed by atoms with Gasteiger partial charge in [0, 0.05) is 6.54 Å². The van der Waals surface area contributed by atoms with Gasteiger partial charge < -0.3 is 9.64 Å². The first-order valence-electron chi connectivity index (χ1n) is 4.63. The molecule has 14 heavy (non-hydrogen) atoms. The zero-order valence-corrected chi connectivity index (χ0v) is 9.34. The summed E-state index contributed by atoms with van der Waals surface area (Å²) < 4.78 is 5.51. The van der Waals surface area contributed by atoms with Gasteiger partial charge in [-0.3, -0.25) is 0 Å². The minimum Gasteiger partial charge on any atom is -0.492 e. The molecule has 2 nitrogen and oxygen atoms in total. The molecule has 3 heteroatoms. The van der Waals surface area contributed by atoms with Crippen LogP contribution in [-0.2, 0) is 0 Å². The second-order valence-electron chi connectivity index (χ2n) is 3.36. The first kappa shape index (κ1) is 11.3. The van der Waals surface area contributed by atoms with E-state index in [1.807, 2.05) is 20.2 Å². The zero-order chi connectivity index (χ0) is 10.4. The number of benzene rings is 1. The van der Waals surface area contributed by atoms with Gasteiger partial charge in [-0.05, 0) is 38.7 Å². The number of ether oxygens (including phenoxy) is 1. The molecule has 77 valence electrons. The molecule has 0 saturated carbocycles. The van der Waals surface area contributed by atoms with Gasteiger partial charge in [0.2, 0.25) is 0 Å². The van der Waals surface area contributed by atoms with Crippen LogP contribution in [0.25, 0.3) is 0 Å². The lowest BCUT2D eigenvalue weighted by Gasteiger charge is -2.10. The highest BCUT2D eigenvalue weighted by Gasteiger charge is 1.99. The van der Waals surface area contributed by atoms with Crippen LogP contribution in [0.1, 0.15) is 6.42 Å². The van der Waals surface area contributed by atoms with Crippen molar-refractivity contribution in [2.75, 3.05) is 27.2 Å². The van der Waals surface area contributed by atoms with Gasteiger partial charge in [0.25, 0.3) is 0 Å². The molecule has 0 bridgehead atoms. The Kier molecular flexibility index (Phi) is 4.77. The van der Waals surface area contributed by atoms with E-state index in [1.54, 1.807) is 12.1 Å². The van der Waals surface area contributed by atoms with Crippen molar-refractivity contribution in [2.45, 2.75) is 6.42 Å². The van der Waals surface area contributed by atoms with Gasteiger partial charge in [-0.2, -0.15) is 0 Å². The minimum atomic E-state index is 0.623. The molecule has 1 aromatic rings. The van der Waals surface area contributed by atoms with Crippen molar-refractivity contribution in [1.29, 1.82) is 0 Å². The van der Waals surface area contributed by atoms with Gasteiger partial charge in [0.1, 0.15) is 5.75 Å². The first-order chi connectivity index (χ1) is 6.70. The van der Waals surface area contributed by atoms with E-state index in [-0.39, 0.29) is 0 Å². The lowest BCUT2D eigenvalue weighted by molar-refractivity contribution is 0.282. The molecule has 0 aromatic heterocycles. The topological polar surface area (TPSA) is 12.5 Å². The van der Waals surface area contributed by atoms with Gasteiger partial charge in [0.05, 0.1) is 11.6 Å². The van der Waals surface area contributed by atoms with Crippen LogP contribution >= 0.6 is 11.6 Å². The summed E-state index contributed by atoms with van der Waals surface area (Å²) in [6.07, 6.45) is 1.00. The maximum Gasteiger partial charge on any atom is 0.137 e. The molecular formula is C11H15ClNO. The molecule has 0 saturated heterocycles. The number of rotatable bonds is 5. The van der Waals surface area contributed by atoms with E-state index in [1.165, 1.54) is 0 Å². The Bertz CT molecular complexity index is 276. The second-order valence-corrected chi connectivity index (χ2v) is 3.77. The van der Waals surface area contributed by atoms with Gasteiger partial charge >= 0.3 is 0 Å². The van der Waals surface area contributed by atoms with Crippen molar-refractivity contribution in [3.05, 3.63) is 29.3 Å². The van der Waals surface area contributed by atoms with Crippen LogP contribution in [0.15, 0.2) is 18.2 Å². The Balaban J connectivity index is 2.28. The highest BCUT2D eigenvalue weighted by Crippen LogP contribution is 2.22. The zero-order valence-electron chi connectivity index (χ0n) is 8.59. The van der Waals surface area contributed by atoms with Crippen LogP contribution in [0.3, 0.4) is 0 Å². The van der Waals surface area contributed by atoms with Crippen LogP contribution in [0.2, 0.25) is 5.02 Å². The predicted molar refractivity (Wildman–Crippen MR) is 59.0 cm³/mol. The van der Waals surface area contributed by atoms with Crippen molar-refractivity contribution < 1.29 is 4.74 Å². The molecule has 0 heterocycles. The lowest BCUT2D eigenvalue weighted by atomic mass is 10.3. The van der Waals surface area contributed by atoms with Gasteiger partial charge in [-0.15, -0.1) is 0 Å². The molecule has 1 aromatic carbocycles. The predicted octanol–water partition coefficient (Wildman–Crippen LogP) is 2.47. The first-order valence-corrected chi connectivity index (χ1v) is 5.01. The molecule has 0 amide bonds. The smallest absolute Gasteiger partial charge is 0.137 e. The molecule has 0 aliphatic rings. The number of hydrogen-bond acceptors (Lipinski definition) is 2. The quantitative estimate of drug-likeness (QED) is 0.696. The average Bonchev–Trinajstić information content (AvgIpc) is 2.15. The van der Waals surface area contributed by atoms with E-state index in [2.05, 4.69) is 11.0 Å². The van der Waals surface area contributed by atoms with E-state index < -0.39 is 0 Å². The lowest BCUT2D eigenvalue weighted by Crippen LogP contribution is -2.15. The summed E-state index contributed by atoms with van der Waals surface area (Å²) in [4.78, 5) is 2.13. The summed E-state index contributed by atoms with van der Waals surface area (Å²) >= 11 is 5.90. The summed E-state index contributed by atoms with van der Waals surface area (Å²) in [7, 11) is 4.09. The van der Waals surface area contributed by atoms with Gasteiger partial charge in [-0.1, -0.05) is 17.7 Å². The fourth-order valence-corrected chi connectivity index (χ4v) is 1.26. The summed E-state index contributed by atoms with van der Waals surface area (Å²) in [5.74, 6) is 0.740. The summed E-state index contributed by atoms with van der Waals surface area (Å²) in [6, 6.07) is 8.23. The van der Waals surface area contributed by atoms with E-state index in [0.29, 0.717) is 11.6 Å². The van der Waals surface area contributed by atoms with Crippen molar-refractivity contribution >= 4 is 11.6 Å². The SMILES string of the molecule is CN(C)CCCOc1cc[c]cc1Cl. The normalized spacial score (nSPS) is 10.6. The molecule has 0 aliphatic carbocycles. The Morgan fingerprint density at radius 1 is 1.50 bits per heavy atom. The highest BCUT2D eigenvalue weighted by molar-refractivity contribution is 6.32. The number of nitrogens with zero attached hydrogens (tertiary/aromatic N) is 1. The Morgan fingerprint density at radius 2 is 2.29 bits per heavy atom. The van der Waals surface area contributed by atoms with E-state index >= 15 is 0 Å². The third-order valence-electron chi connectivity index (χ3n) is 1.78. The molecular weight excluding hydrogens is 198 g/mol. The third-order valence-corrected chi connectivity index (χ3v) is 2.08. The summed E-state index contributed by atoms with van der Waals surface area (Å²) in [6.45, 7) is 1.72. The van der Waals surface area contributed by atoms with E-state index in [9.17, 15) is 0 Å². The largest absolute Gasteiger partial charge is 0.492 e. The van der Waals surface area contributed by atoms with Crippen LogP contribution in [0.4, 0.5) is 0 Å². The molecule has 0 aliphatic heterocycles. The van der Waals surface area contributed by atoms with E-state index in [0.717, 1.165) is 18.7 Å². The number of hydrogen-bond donors (Lipinski definition) is 0. The van der Waals surface area contributed by atoms with Crippen LogP contribution in [-0.4, -0.2) is 32.1 Å². The number of halogens is 1. The van der Waals surface area contributed by atoms with Gasteiger partial charge in [-0.25, -0.2) is 0 Å². The molecule has 0 unspecified atom stereocenters. The standard InChI is InChI=1S/C11H15ClNO/c1-13(2)8-5-9-14-11-7-4-3-6-10(11)12/h4,6-7H,5,8-9H2,1-2H3. The highest BCUT2D eigenvalue weighted by atomic mass is 35.5. The monoisotopic (exact) mass is 212 g/mol. The summed E-state index contributed by atoms with van der Waals surface area (Å²) in [5.41, 5.74) is 0. The fourth-order valence-electron chi connectivity index (χ4n) is 1.08. The Morgan fingerprint density at radius 3 is 2.93 bits per heavy atom. The van der Waals surface area contributed by atoms with Crippen LogP contribution in [0, 0.1) is 6.07 Å². The van der Waals surface area contributed by atoms with Gasteiger partial charge in [0.15, 0.2) is 0 Å².